The van der Waals surface area contributed by atoms with Crippen molar-refractivity contribution in [1.82, 2.24) is 0 Å². The Morgan fingerprint density at radius 1 is 0.950 bits per heavy atom. The van der Waals surface area contributed by atoms with E-state index in [-0.39, 0.29) is 17.3 Å². The number of carbonyl (C=O) groups excluding carboxylic acids is 2. The molecule has 0 aromatic heterocycles. The number of hydrogen-bond acceptors (Lipinski definition) is 6. The van der Waals surface area contributed by atoms with Gasteiger partial charge in [0.2, 0.25) is 0 Å². The molecule has 6 heteroatoms. The van der Waals surface area contributed by atoms with E-state index in [2.05, 4.69) is 9.78 Å². The van der Waals surface area contributed by atoms with E-state index in [1.165, 1.54) is 0 Å². The van der Waals surface area contributed by atoms with Gasteiger partial charge in [-0.15, -0.1) is 0 Å². The molecular weight excluding hydrogens is 264 g/mol. The minimum Gasteiger partial charge on any atom is -0.247 e. The largest absolute Gasteiger partial charge is 0.420 e. The van der Waals surface area contributed by atoms with Crippen LogP contribution in [-0.2, 0) is 29.1 Å². The Bertz CT molecular complexity index is 370. The average molecular weight is 288 g/mol. The van der Waals surface area contributed by atoms with Crippen molar-refractivity contribution in [1.29, 1.82) is 0 Å². The van der Waals surface area contributed by atoms with Crippen molar-refractivity contribution in [3.05, 3.63) is 0 Å². The highest BCUT2D eigenvalue weighted by Gasteiger charge is 2.61. The van der Waals surface area contributed by atoms with E-state index in [9.17, 15) is 9.59 Å². The highest BCUT2D eigenvalue weighted by Crippen LogP contribution is 2.41. The zero-order valence-corrected chi connectivity index (χ0v) is 13.1. The third kappa shape index (κ3) is 5.88. The first-order valence-corrected chi connectivity index (χ1v) is 6.72. The molecule has 1 aliphatic heterocycles. The number of hydrogen-bond donors (Lipinski definition) is 0. The molecule has 1 saturated heterocycles. The lowest BCUT2D eigenvalue weighted by molar-refractivity contribution is -0.264. The summed E-state index contributed by atoms with van der Waals surface area (Å²) < 4.78 is 0. The van der Waals surface area contributed by atoms with Gasteiger partial charge in [0.1, 0.15) is 0 Å². The molecule has 6 nitrogen and oxygen atoms in total. The van der Waals surface area contributed by atoms with Crippen LogP contribution in [0.3, 0.4) is 0 Å². The second-order valence-corrected chi connectivity index (χ2v) is 7.54. The number of carbonyl (C=O) groups is 2. The first-order valence-electron chi connectivity index (χ1n) is 6.72. The van der Waals surface area contributed by atoms with E-state index in [0.717, 1.165) is 0 Å². The SMILES string of the molecule is CC(C)(C)CCC(=O)OOC(=O)C1(CC(C)(C)C)OO1. The lowest BCUT2D eigenvalue weighted by Crippen LogP contribution is -2.32. The van der Waals surface area contributed by atoms with Gasteiger partial charge in [-0.1, -0.05) is 41.5 Å². The summed E-state index contributed by atoms with van der Waals surface area (Å²) in [4.78, 5) is 41.6. The Balaban J connectivity index is 2.35. The first kappa shape index (κ1) is 16.9. The van der Waals surface area contributed by atoms with Crippen LogP contribution in [0.2, 0.25) is 0 Å². The quantitative estimate of drug-likeness (QED) is 0.449. The third-order valence-corrected chi connectivity index (χ3v) is 2.65. The predicted octanol–water partition coefficient (Wildman–Crippen LogP) is 2.91. The maximum atomic E-state index is 11.8. The van der Waals surface area contributed by atoms with Crippen molar-refractivity contribution in [2.24, 2.45) is 10.8 Å². The summed E-state index contributed by atoms with van der Waals surface area (Å²) in [5, 5.41) is 0. The molecule has 20 heavy (non-hydrogen) atoms. The smallest absolute Gasteiger partial charge is 0.247 e. The fourth-order valence-electron chi connectivity index (χ4n) is 1.61. The van der Waals surface area contributed by atoms with Crippen molar-refractivity contribution in [3.63, 3.8) is 0 Å². The van der Waals surface area contributed by atoms with Gasteiger partial charge in [0.25, 0.3) is 0 Å². The molecule has 0 atom stereocenters. The second-order valence-electron chi connectivity index (χ2n) is 7.54. The zero-order chi connectivity index (χ0) is 15.6. The molecule has 1 rings (SSSR count). The number of rotatable bonds is 4. The fourth-order valence-corrected chi connectivity index (χ4v) is 1.61. The van der Waals surface area contributed by atoms with Crippen LogP contribution in [0.1, 0.15) is 60.8 Å². The van der Waals surface area contributed by atoms with E-state index in [4.69, 9.17) is 9.78 Å². The molecule has 0 spiro atoms. The highest BCUT2D eigenvalue weighted by molar-refractivity contribution is 5.80. The molecule has 1 aliphatic rings. The van der Waals surface area contributed by atoms with E-state index >= 15 is 0 Å². The minimum absolute atomic E-state index is 0.0131. The van der Waals surface area contributed by atoms with Crippen molar-refractivity contribution < 1.29 is 29.1 Å². The molecule has 1 fully saturated rings. The second kappa shape index (κ2) is 5.69. The molecule has 0 bridgehead atoms. The van der Waals surface area contributed by atoms with Gasteiger partial charge in [-0.05, 0) is 17.3 Å². The topological polar surface area (TPSA) is 77.7 Å². The molecule has 0 radical (unpaired) electrons. The van der Waals surface area contributed by atoms with Crippen molar-refractivity contribution in [2.45, 2.75) is 66.6 Å². The minimum atomic E-state index is -1.43. The van der Waals surface area contributed by atoms with Crippen LogP contribution in [0.15, 0.2) is 0 Å². The summed E-state index contributed by atoms with van der Waals surface area (Å²) in [5.74, 6) is -2.85. The molecule has 0 saturated carbocycles. The first-order chi connectivity index (χ1) is 8.94. The van der Waals surface area contributed by atoms with Crippen LogP contribution in [0, 0.1) is 10.8 Å². The van der Waals surface area contributed by atoms with Crippen LogP contribution in [0.5, 0.6) is 0 Å². The lowest BCUT2D eigenvalue weighted by atomic mass is 9.88. The van der Waals surface area contributed by atoms with Gasteiger partial charge in [0.05, 0.1) is 6.42 Å². The molecule has 0 aromatic carbocycles. The molecule has 0 unspecified atom stereocenters. The maximum absolute atomic E-state index is 11.8. The summed E-state index contributed by atoms with van der Waals surface area (Å²) >= 11 is 0. The van der Waals surface area contributed by atoms with E-state index < -0.39 is 17.7 Å². The van der Waals surface area contributed by atoms with Gasteiger partial charge >= 0.3 is 17.7 Å². The normalized spacial score (nSPS) is 17.5. The fraction of sp³-hybridized carbons (Fsp3) is 0.857. The Labute approximate surface area is 119 Å². The highest BCUT2D eigenvalue weighted by atomic mass is 17.4. The summed E-state index contributed by atoms with van der Waals surface area (Å²) in [5.41, 5.74) is -0.176. The Morgan fingerprint density at radius 3 is 1.90 bits per heavy atom. The Hall–Kier alpha value is -1.14. The molecule has 0 aliphatic carbocycles. The lowest BCUT2D eigenvalue weighted by Gasteiger charge is -2.19. The van der Waals surface area contributed by atoms with E-state index in [1.807, 2.05) is 41.5 Å². The Kier molecular flexibility index (Phi) is 4.82. The van der Waals surface area contributed by atoms with Gasteiger partial charge < -0.3 is 0 Å². The van der Waals surface area contributed by atoms with Gasteiger partial charge in [0.15, 0.2) is 0 Å². The van der Waals surface area contributed by atoms with Crippen LogP contribution in [0.4, 0.5) is 0 Å². The van der Waals surface area contributed by atoms with Gasteiger partial charge in [-0.25, -0.2) is 19.4 Å². The van der Waals surface area contributed by atoms with Gasteiger partial charge in [0, 0.05) is 6.42 Å². The molecule has 1 heterocycles. The molecule has 0 N–H and O–H groups in total. The summed E-state index contributed by atoms with van der Waals surface area (Å²) in [6, 6.07) is 0. The predicted molar refractivity (Wildman–Crippen MR) is 69.8 cm³/mol. The van der Waals surface area contributed by atoms with Gasteiger partial charge in [-0.3, -0.25) is 0 Å². The third-order valence-electron chi connectivity index (χ3n) is 2.65. The zero-order valence-electron chi connectivity index (χ0n) is 13.1. The summed E-state index contributed by atoms with van der Waals surface area (Å²) in [6.45, 7) is 11.8. The van der Waals surface area contributed by atoms with E-state index in [0.29, 0.717) is 12.8 Å². The van der Waals surface area contributed by atoms with Crippen molar-refractivity contribution >= 4 is 11.9 Å². The monoisotopic (exact) mass is 288 g/mol. The van der Waals surface area contributed by atoms with Crippen LogP contribution in [-0.4, -0.2) is 17.7 Å². The van der Waals surface area contributed by atoms with Crippen LogP contribution in [0.25, 0.3) is 0 Å². The molecular formula is C14H24O6. The average Bonchev–Trinajstić information content (AvgIpc) is 3.00. The maximum Gasteiger partial charge on any atom is 0.420 e. The molecule has 116 valence electrons. The Morgan fingerprint density at radius 2 is 1.50 bits per heavy atom. The van der Waals surface area contributed by atoms with Crippen LogP contribution >= 0.6 is 0 Å². The summed E-state index contributed by atoms with van der Waals surface area (Å²) in [7, 11) is 0. The van der Waals surface area contributed by atoms with Crippen LogP contribution < -0.4 is 0 Å². The summed E-state index contributed by atoms with van der Waals surface area (Å²) in [6.07, 6.45) is 1.15. The van der Waals surface area contributed by atoms with Gasteiger partial charge in [-0.2, -0.15) is 9.78 Å². The molecule has 0 amide bonds. The van der Waals surface area contributed by atoms with Crippen molar-refractivity contribution in [3.8, 4) is 0 Å². The standard InChI is InChI=1S/C14H24O6/c1-12(2,3)8-7-10(15)17-18-11(16)14(19-20-14)9-13(4,5)6/h7-9H2,1-6H3. The molecule has 0 aromatic rings. The van der Waals surface area contributed by atoms with Crippen molar-refractivity contribution in [2.75, 3.05) is 0 Å². The van der Waals surface area contributed by atoms with E-state index in [1.54, 1.807) is 0 Å².